The summed E-state index contributed by atoms with van der Waals surface area (Å²) in [4.78, 5) is 14.4. The highest BCUT2D eigenvalue weighted by Crippen LogP contribution is 2.21. The molecule has 2 rings (SSSR count). The smallest absolute Gasteiger partial charge is 0.241 e. The Hall–Kier alpha value is -0.610. The molecular weight excluding hydrogens is 240 g/mol. The van der Waals surface area contributed by atoms with E-state index >= 15 is 0 Å². The molecule has 1 amide bonds. The van der Waals surface area contributed by atoms with Crippen molar-refractivity contribution in [3.63, 3.8) is 0 Å². The van der Waals surface area contributed by atoms with Gasteiger partial charge in [0, 0.05) is 13.2 Å². The van der Waals surface area contributed by atoms with Crippen LogP contribution in [0.25, 0.3) is 0 Å². The van der Waals surface area contributed by atoms with Crippen LogP contribution in [0, 0.1) is 5.92 Å². The molecule has 0 spiro atoms. The van der Waals surface area contributed by atoms with Crippen molar-refractivity contribution in [2.75, 3.05) is 13.2 Å². The summed E-state index contributed by atoms with van der Waals surface area (Å²) in [6.07, 6.45) is 6.13. The fourth-order valence-corrected chi connectivity index (χ4v) is 3.10. The lowest BCUT2D eigenvalue weighted by atomic mass is 10.0. The summed E-state index contributed by atoms with van der Waals surface area (Å²) in [5.41, 5.74) is 0. The molecule has 19 heavy (non-hydrogen) atoms. The zero-order chi connectivity index (χ0) is 13.8. The van der Waals surface area contributed by atoms with E-state index in [2.05, 4.69) is 26.1 Å². The number of hydrogen-bond donors (Lipinski definition) is 1. The molecule has 0 saturated carbocycles. The number of hydrogen-bond acceptors (Lipinski definition) is 3. The van der Waals surface area contributed by atoms with E-state index in [0.29, 0.717) is 12.0 Å². The largest absolute Gasteiger partial charge is 0.378 e. The highest BCUT2D eigenvalue weighted by molar-refractivity contribution is 5.84. The van der Waals surface area contributed by atoms with Gasteiger partial charge >= 0.3 is 0 Å². The minimum atomic E-state index is -0.00257. The number of nitrogens with zero attached hydrogens (tertiary/aromatic N) is 1. The minimum absolute atomic E-state index is 0.00257. The van der Waals surface area contributed by atoms with Gasteiger partial charge in [-0.3, -0.25) is 10.1 Å². The standard InChI is InChI=1S/C15H28N2O2/c1-4-13-16-14(11(2)3)15(18)17(13)9-8-12-7-5-6-10-19-12/h11-14,16H,4-10H2,1-3H3. The van der Waals surface area contributed by atoms with E-state index in [0.717, 1.165) is 32.4 Å². The van der Waals surface area contributed by atoms with E-state index < -0.39 is 0 Å². The Kier molecular flexibility index (Phi) is 5.22. The van der Waals surface area contributed by atoms with E-state index in [9.17, 15) is 4.79 Å². The molecule has 0 aromatic rings. The lowest BCUT2D eigenvalue weighted by Crippen LogP contribution is -2.39. The van der Waals surface area contributed by atoms with Crippen LogP contribution in [0.5, 0.6) is 0 Å². The first kappa shape index (κ1) is 14.8. The van der Waals surface area contributed by atoms with Crippen molar-refractivity contribution < 1.29 is 9.53 Å². The van der Waals surface area contributed by atoms with Crippen molar-refractivity contribution in [3.05, 3.63) is 0 Å². The van der Waals surface area contributed by atoms with E-state index in [1.54, 1.807) is 0 Å². The Morgan fingerprint density at radius 3 is 2.79 bits per heavy atom. The molecule has 4 nitrogen and oxygen atoms in total. The van der Waals surface area contributed by atoms with Gasteiger partial charge in [0.1, 0.15) is 0 Å². The van der Waals surface area contributed by atoms with Crippen molar-refractivity contribution in [2.24, 2.45) is 5.92 Å². The van der Waals surface area contributed by atoms with Gasteiger partial charge in [0.25, 0.3) is 0 Å². The predicted octanol–water partition coefficient (Wildman–Crippen LogP) is 2.14. The summed E-state index contributed by atoms with van der Waals surface area (Å²) < 4.78 is 5.76. The summed E-state index contributed by atoms with van der Waals surface area (Å²) in [5, 5.41) is 3.46. The fourth-order valence-electron chi connectivity index (χ4n) is 3.10. The normalized spacial score (nSPS) is 32.3. The van der Waals surface area contributed by atoms with Crippen LogP contribution in [0.2, 0.25) is 0 Å². The zero-order valence-electron chi connectivity index (χ0n) is 12.5. The molecule has 3 unspecified atom stereocenters. The van der Waals surface area contributed by atoms with Gasteiger partial charge in [-0.1, -0.05) is 20.8 Å². The molecular formula is C15H28N2O2. The molecule has 2 heterocycles. The average Bonchev–Trinajstić information content (AvgIpc) is 2.74. The third-order valence-electron chi connectivity index (χ3n) is 4.32. The van der Waals surface area contributed by atoms with Crippen molar-refractivity contribution in [1.29, 1.82) is 0 Å². The second kappa shape index (κ2) is 6.71. The maximum Gasteiger partial charge on any atom is 0.241 e. The van der Waals surface area contributed by atoms with Crippen molar-refractivity contribution in [3.8, 4) is 0 Å². The van der Waals surface area contributed by atoms with Crippen LogP contribution in [0.15, 0.2) is 0 Å². The van der Waals surface area contributed by atoms with Gasteiger partial charge in [0.15, 0.2) is 0 Å². The van der Waals surface area contributed by atoms with E-state index in [1.807, 2.05) is 4.90 Å². The Morgan fingerprint density at radius 2 is 2.21 bits per heavy atom. The first-order valence-corrected chi connectivity index (χ1v) is 7.81. The molecule has 3 atom stereocenters. The molecule has 0 aliphatic carbocycles. The highest BCUT2D eigenvalue weighted by atomic mass is 16.5. The van der Waals surface area contributed by atoms with Crippen LogP contribution in [0.4, 0.5) is 0 Å². The molecule has 2 fully saturated rings. The molecule has 0 bridgehead atoms. The average molecular weight is 268 g/mol. The molecule has 2 saturated heterocycles. The lowest BCUT2D eigenvalue weighted by Gasteiger charge is -2.27. The van der Waals surface area contributed by atoms with Gasteiger partial charge in [-0.15, -0.1) is 0 Å². The highest BCUT2D eigenvalue weighted by Gasteiger charge is 2.39. The first-order chi connectivity index (χ1) is 9.13. The van der Waals surface area contributed by atoms with Gasteiger partial charge in [0.2, 0.25) is 5.91 Å². The van der Waals surface area contributed by atoms with Gasteiger partial charge in [-0.05, 0) is 38.0 Å². The van der Waals surface area contributed by atoms with Gasteiger partial charge < -0.3 is 9.64 Å². The van der Waals surface area contributed by atoms with Gasteiger partial charge in [-0.2, -0.15) is 0 Å². The summed E-state index contributed by atoms with van der Waals surface area (Å²) >= 11 is 0. The van der Waals surface area contributed by atoms with Crippen LogP contribution in [-0.4, -0.2) is 42.3 Å². The minimum Gasteiger partial charge on any atom is -0.378 e. The monoisotopic (exact) mass is 268 g/mol. The Morgan fingerprint density at radius 1 is 1.42 bits per heavy atom. The third-order valence-corrected chi connectivity index (χ3v) is 4.32. The summed E-state index contributed by atoms with van der Waals surface area (Å²) in [6.45, 7) is 8.07. The van der Waals surface area contributed by atoms with Gasteiger partial charge in [-0.25, -0.2) is 0 Å². The third kappa shape index (κ3) is 3.48. The fraction of sp³-hybridized carbons (Fsp3) is 0.933. The van der Waals surface area contributed by atoms with Crippen LogP contribution < -0.4 is 5.32 Å². The van der Waals surface area contributed by atoms with Crippen LogP contribution in [0.1, 0.15) is 52.9 Å². The van der Waals surface area contributed by atoms with Crippen molar-refractivity contribution in [2.45, 2.75) is 71.2 Å². The summed E-state index contributed by atoms with van der Waals surface area (Å²) in [7, 11) is 0. The van der Waals surface area contributed by atoms with Crippen molar-refractivity contribution >= 4 is 5.91 Å². The number of nitrogens with one attached hydrogen (secondary N) is 1. The second-order valence-electron chi connectivity index (χ2n) is 6.12. The molecule has 1 N–H and O–H groups in total. The number of ether oxygens (including phenoxy) is 1. The summed E-state index contributed by atoms with van der Waals surface area (Å²) in [5.74, 6) is 0.634. The van der Waals surface area contributed by atoms with Crippen LogP contribution >= 0.6 is 0 Å². The first-order valence-electron chi connectivity index (χ1n) is 7.81. The molecule has 0 aromatic carbocycles. The van der Waals surface area contributed by atoms with E-state index in [-0.39, 0.29) is 18.1 Å². The second-order valence-corrected chi connectivity index (χ2v) is 6.12. The Balaban J connectivity index is 1.88. The van der Waals surface area contributed by atoms with Gasteiger partial charge in [0.05, 0.1) is 18.3 Å². The topological polar surface area (TPSA) is 41.6 Å². The lowest BCUT2D eigenvalue weighted by molar-refractivity contribution is -0.131. The number of carbonyl (C=O) groups is 1. The molecule has 4 heteroatoms. The van der Waals surface area contributed by atoms with E-state index in [4.69, 9.17) is 4.74 Å². The number of rotatable bonds is 5. The summed E-state index contributed by atoms with van der Waals surface area (Å²) in [6, 6.07) is -0.00257. The molecule has 0 radical (unpaired) electrons. The Bertz CT molecular complexity index is 301. The molecule has 110 valence electrons. The maximum atomic E-state index is 12.4. The maximum absolute atomic E-state index is 12.4. The van der Waals surface area contributed by atoms with E-state index in [1.165, 1.54) is 12.8 Å². The Labute approximate surface area is 116 Å². The quantitative estimate of drug-likeness (QED) is 0.830. The molecule has 2 aliphatic heterocycles. The van der Waals surface area contributed by atoms with Crippen LogP contribution in [0.3, 0.4) is 0 Å². The molecule has 0 aromatic heterocycles. The van der Waals surface area contributed by atoms with Crippen LogP contribution in [-0.2, 0) is 9.53 Å². The zero-order valence-corrected chi connectivity index (χ0v) is 12.5. The predicted molar refractivity (Wildman–Crippen MR) is 75.8 cm³/mol. The molecule has 2 aliphatic rings. The number of carbonyl (C=O) groups excluding carboxylic acids is 1. The van der Waals surface area contributed by atoms with Crippen molar-refractivity contribution in [1.82, 2.24) is 10.2 Å². The SMILES string of the molecule is CCC1NC(C(C)C)C(=O)N1CCC1CCCCO1. The number of amides is 1.